The molecular formula is C17H17FO. The highest BCUT2D eigenvalue weighted by atomic mass is 19.1. The van der Waals surface area contributed by atoms with Crippen molar-refractivity contribution in [3.8, 4) is 0 Å². The highest BCUT2D eigenvalue weighted by Crippen LogP contribution is 2.36. The van der Waals surface area contributed by atoms with Crippen molar-refractivity contribution in [2.75, 3.05) is 0 Å². The van der Waals surface area contributed by atoms with Crippen LogP contribution < -0.4 is 0 Å². The highest BCUT2D eigenvalue weighted by molar-refractivity contribution is 5.36. The van der Waals surface area contributed by atoms with Crippen LogP contribution in [-0.2, 0) is 18.4 Å². The van der Waals surface area contributed by atoms with Gasteiger partial charge in [-0.2, -0.15) is 0 Å². The van der Waals surface area contributed by atoms with Crippen LogP contribution in [0, 0.1) is 12.7 Å². The molecule has 2 aromatic carbocycles. The van der Waals surface area contributed by atoms with E-state index in [9.17, 15) is 9.50 Å². The number of halogens is 1. The minimum Gasteiger partial charge on any atom is -0.385 e. The summed E-state index contributed by atoms with van der Waals surface area (Å²) in [4.78, 5) is 0. The first kappa shape index (κ1) is 12.4. The van der Waals surface area contributed by atoms with E-state index >= 15 is 0 Å². The molecule has 2 heteroatoms. The predicted molar refractivity (Wildman–Crippen MR) is 73.5 cm³/mol. The number of aryl methyl sites for hydroxylation is 2. The van der Waals surface area contributed by atoms with E-state index in [1.165, 1.54) is 11.6 Å². The molecule has 0 radical (unpaired) electrons. The Kier molecular flexibility index (Phi) is 2.90. The van der Waals surface area contributed by atoms with Crippen molar-refractivity contribution in [2.45, 2.75) is 31.8 Å². The third-order valence-electron chi connectivity index (χ3n) is 4.12. The molecule has 0 heterocycles. The van der Waals surface area contributed by atoms with Crippen LogP contribution in [-0.4, -0.2) is 5.11 Å². The predicted octanol–water partition coefficient (Wildman–Crippen LogP) is 3.51. The molecule has 3 rings (SSSR count). The molecule has 0 saturated heterocycles. The van der Waals surface area contributed by atoms with Crippen molar-refractivity contribution >= 4 is 0 Å². The molecule has 0 fully saturated rings. The van der Waals surface area contributed by atoms with Gasteiger partial charge in [-0.1, -0.05) is 36.4 Å². The quantitative estimate of drug-likeness (QED) is 0.827. The SMILES string of the molecule is Cc1ccc(C2(O)CCc3ccccc3C2)cc1F. The Balaban J connectivity index is 1.99. The largest absolute Gasteiger partial charge is 0.385 e. The Hall–Kier alpha value is -1.67. The van der Waals surface area contributed by atoms with Gasteiger partial charge in [0.25, 0.3) is 0 Å². The molecule has 0 aromatic heterocycles. The van der Waals surface area contributed by atoms with Crippen LogP contribution in [0.25, 0.3) is 0 Å². The lowest BCUT2D eigenvalue weighted by Gasteiger charge is -2.34. The minimum atomic E-state index is -0.942. The van der Waals surface area contributed by atoms with Gasteiger partial charge >= 0.3 is 0 Å². The number of aliphatic hydroxyl groups is 1. The monoisotopic (exact) mass is 256 g/mol. The van der Waals surface area contributed by atoms with Crippen molar-refractivity contribution in [1.29, 1.82) is 0 Å². The average molecular weight is 256 g/mol. The van der Waals surface area contributed by atoms with Crippen LogP contribution in [0.1, 0.15) is 28.7 Å². The molecule has 19 heavy (non-hydrogen) atoms. The Labute approximate surface area is 112 Å². The topological polar surface area (TPSA) is 20.2 Å². The lowest BCUT2D eigenvalue weighted by molar-refractivity contribution is 0.0219. The highest BCUT2D eigenvalue weighted by Gasteiger charge is 2.33. The fraction of sp³-hybridized carbons (Fsp3) is 0.294. The van der Waals surface area contributed by atoms with Gasteiger partial charge in [-0.15, -0.1) is 0 Å². The van der Waals surface area contributed by atoms with Crippen molar-refractivity contribution in [3.05, 3.63) is 70.5 Å². The maximum absolute atomic E-state index is 13.7. The number of hydrogen-bond acceptors (Lipinski definition) is 1. The molecule has 1 nitrogen and oxygen atoms in total. The number of rotatable bonds is 1. The van der Waals surface area contributed by atoms with Crippen molar-refractivity contribution < 1.29 is 9.50 Å². The number of hydrogen-bond donors (Lipinski definition) is 1. The molecule has 1 N–H and O–H groups in total. The fourth-order valence-electron chi connectivity index (χ4n) is 2.85. The van der Waals surface area contributed by atoms with E-state index in [-0.39, 0.29) is 5.82 Å². The summed E-state index contributed by atoms with van der Waals surface area (Å²) >= 11 is 0. The third-order valence-corrected chi connectivity index (χ3v) is 4.12. The van der Waals surface area contributed by atoms with E-state index in [0.717, 1.165) is 12.0 Å². The van der Waals surface area contributed by atoms with Gasteiger partial charge in [0.2, 0.25) is 0 Å². The number of benzene rings is 2. The van der Waals surface area contributed by atoms with Gasteiger partial charge in [-0.25, -0.2) is 4.39 Å². The molecule has 1 atom stereocenters. The van der Waals surface area contributed by atoms with Gasteiger partial charge in [-0.3, -0.25) is 0 Å². The summed E-state index contributed by atoms with van der Waals surface area (Å²) in [6.07, 6.45) is 2.04. The van der Waals surface area contributed by atoms with Gasteiger partial charge in [-0.05, 0) is 48.1 Å². The van der Waals surface area contributed by atoms with E-state index < -0.39 is 5.60 Å². The van der Waals surface area contributed by atoms with E-state index in [1.807, 2.05) is 24.3 Å². The third kappa shape index (κ3) is 2.17. The van der Waals surface area contributed by atoms with Gasteiger partial charge in [0.15, 0.2) is 0 Å². The van der Waals surface area contributed by atoms with Crippen LogP contribution in [0.4, 0.5) is 4.39 Å². The van der Waals surface area contributed by atoms with Gasteiger partial charge < -0.3 is 5.11 Å². The molecule has 0 aliphatic heterocycles. The van der Waals surface area contributed by atoms with Gasteiger partial charge in [0.05, 0.1) is 5.60 Å². The molecule has 0 saturated carbocycles. The molecule has 0 amide bonds. The molecule has 1 unspecified atom stereocenters. The van der Waals surface area contributed by atoms with Crippen LogP contribution in [0.3, 0.4) is 0 Å². The Morgan fingerprint density at radius 1 is 1.11 bits per heavy atom. The maximum atomic E-state index is 13.7. The summed E-state index contributed by atoms with van der Waals surface area (Å²) in [6, 6.07) is 13.2. The van der Waals surface area contributed by atoms with E-state index in [0.29, 0.717) is 24.0 Å². The molecule has 1 aliphatic carbocycles. The Morgan fingerprint density at radius 2 is 1.84 bits per heavy atom. The van der Waals surface area contributed by atoms with Crippen LogP contribution in [0.5, 0.6) is 0 Å². The van der Waals surface area contributed by atoms with E-state index in [2.05, 4.69) is 6.07 Å². The zero-order chi connectivity index (χ0) is 13.5. The normalized spacial score (nSPS) is 22.1. The zero-order valence-electron chi connectivity index (χ0n) is 11.0. The van der Waals surface area contributed by atoms with Crippen molar-refractivity contribution in [1.82, 2.24) is 0 Å². The zero-order valence-corrected chi connectivity index (χ0v) is 11.0. The second-order valence-electron chi connectivity index (χ2n) is 5.44. The second-order valence-corrected chi connectivity index (χ2v) is 5.44. The van der Waals surface area contributed by atoms with Crippen molar-refractivity contribution in [2.24, 2.45) is 0 Å². The maximum Gasteiger partial charge on any atom is 0.126 e. The molecular weight excluding hydrogens is 239 g/mol. The summed E-state index contributed by atoms with van der Waals surface area (Å²) in [5, 5.41) is 10.8. The van der Waals surface area contributed by atoms with E-state index in [1.54, 1.807) is 13.0 Å². The molecule has 1 aliphatic rings. The first-order valence-corrected chi connectivity index (χ1v) is 6.64. The van der Waals surface area contributed by atoms with Crippen LogP contribution in [0.15, 0.2) is 42.5 Å². The van der Waals surface area contributed by atoms with Crippen LogP contribution >= 0.6 is 0 Å². The minimum absolute atomic E-state index is 0.246. The summed E-state index contributed by atoms with van der Waals surface area (Å²) in [5.41, 5.74) is 2.81. The molecule has 0 bridgehead atoms. The first-order chi connectivity index (χ1) is 9.08. The summed E-state index contributed by atoms with van der Waals surface area (Å²) in [7, 11) is 0. The fourth-order valence-corrected chi connectivity index (χ4v) is 2.85. The standard InChI is InChI=1S/C17H17FO/c1-12-6-7-15(10-16(12)18)17(19)9-8-13-4-2-3-5-14(13)11-17/h2-7,10,19H,8-9,11H2,1H3. The van der Waals surface area contributed by atoms with Gasteiger partial charge in [0, 0.05) is 6.42 Å². The molecule has 98 valence electrons. The first-order valence-electron chi connectivity index (χ1n) is 6.64. The average Bonchev–Trinajstić information content (AvgIpc) is 2.41. The molecule has 2 aromatic rings. The Bertz CT molecular complexity index is 620. The lowest BCUT2D eigenvalue weighted by atomic mass is 9.76. The van der Waals surface area contributed by atoms with Crippen molar-refractivity contribution in [3.63, 3.8) is 0 Å². The summed E-state index contributed by atoms with van der Waals surface area (Å²) in [6.45, 7) is 1.74. The lowest BCUT2D eigenvalue weighted by Crippen LogP contribution is -2.33. The van der Waals surface area contributed by atoms with Gasteiger partial charge in [0.1, 0.15) is 5.82 Å². The smallest absolute Gasteiger partial charge is 0.126 e. The summed E-state index contributed by atoms with van der Waals surface area (Å²) in [5.74, 6) is -0.246. The van der Waals surface area contributed by atoms with Crippen LogP contribution in [0.2, 0.25) is 0 Å². The second kappa shape index (κ2) is 4.46. The Morgan fingerprint density at radius 3 is 2.58 bits per heavy atom. The summed E-state index contributed by atoms with van der Waals surface area (Å²) < 4.78 is 13.7. The molecule has 0 spiro atoms. The van der Waals surface area contributed by atoms with E-state index in [4.69, 9.17) is 0 Å². The number of fused-ring (bicyclic) bond motifs is 1.